The minimum absolute atomic E-state index is 0.481. The minimum Gasteiger partial charge on any atom is -0.490 e. The molecule has 0 aliphatic heterocycles. The molecule has 0 aliphatic rings. The van der Waals surface area contributed by atoms with Crippen LogP contribution in [0.4, 0.5) is 0 Å². The van der Waals surface area contributed by atoms with E-state index in [1.165, 1.54) is 0 Å². The Balaban J connectivity index is 2.29. The molecular weight excluding hydrogens is 290 g/mol. The zero-order chi connectivity index (χ0) is 15.5. The monoisotopic (exact) mass is 315 g/mol. The van der Waals surface area contributed by atoms with Gasteiger partial charge < -0.3 is 19.5 Å². The summed E-state index contributed by atoms with van der Waals surface area (Å²) in [5, 5.41) is 4.02. The molecule has 1 aromatic carbocycles. The Bertz CT molecular complexity index is 399. The van der Waals surface area contributed by atoms with Crippen molar-refractivity contribution in [3.05, 3.63) is 28.8 Å². The fourth-order valence-corrected chi connectivity index (χ4v) is 1.99. The first-order valence-corrected chi connectivity index (χ1v) is 7.70. The van der Waals surface area contributed by atoms with Crippen LogP contribution in [0.1, 0.15) is 19.4 Å². The third-order valence-corrected chi connectivity index (χ3v) is 3.09. The number of ether oxygens (including phenoxy) is 3. The van der Waals surface area contributed by atoms with Crippen LogP contribution in [0.15, 0.2) is 18.2 Å². The number of halogens is 1. The average Bonchev–Trinajstić information content (AvgIpc) is 2.44. The molecule has 1 aromatic rings. The van der Waals surface area contributed by atoms with Gasteiger partial charge in [0.2, 0.25) is 0 Å². The molecule has 0 atom stereocenters. The van der Waals surface area contributed by atoms with Crippen molar-refractivity contribution in [1.82, 2.24) is 5.32 Å². The van der Waals surface area contributed by atoms with Crippen LogP contribution in [0.2, 0.25) is 5.02 Å². The molecule has 0 saturated heterocycles. The molecule has 0 bridgehead atoms. The van der Waals surface area contributed by atoms with E-state index >= 15 is 0 Å². The van der Waals surface area contributed by atoms with Crippen molar-refractivity contribution >= 4 is 11.6 Å². The van der Waals surface area contributed by atoms with E-state index in [0.717, 1.165) is 18.7 Å². The number of benzene rings is 1. The normalized spacial score (nSPS) is 11.1. The lowest BCUT2D eigenvalue weighted by Crippen LogP contribution is -2.18. The summed E-state index contributed by atoms with van der Waals surface area (Å²) >= 11 is 6.22. The summed E-state index contributed by atoms with van der Waals surface area (Å²) in [5.41, 5.74) is 1.16. The van der Waals surface area contributed by atoms with Gasteiger partial charge in [0.25, 0.3) is 0 Å². The van der Waals surface area contributed by atoms with E-state index in [4.69, 9.17) is 25.8 Å². The maximum Gasteiger partial charge on any atom is 0.138 e. The molecule has 1 N–H and O–H groups in total. The minimum atomic E-state index is 0.481. The molecule has 1 rings (SSSR count). The van der Waals surface area contributed by atoms with Crippen molar-refractivity contribution in [3.63, 3.8) is 0 Å². The molecule has 0 radical (unpaired) electrons. The van der Waals surface area contributed by atoms with E-state index in [1.54, 1.807) is 7.11 Å². The number of rotatable bonds is 11. The van der Waals surface area contributed by atoms with E-state index in [0.29, 0.717) is 43.1 Å². The molecule has 0 heterocycles. The quantitative estimate of drug-likeness (QED) is 0.637. The first-order chi connectivity index (χ1) is 10.1. The Morgan fingerprint density at radius 2 is 1.90 bits per heavy atom. The highest BCUT2D eigenvalue weighted by molar-refractivity contribution is 6.32. The maximum absolute atomic E-state index is 6.22. The van der Waals surface area contributed by atoms with Gasteiger partial charge in [0.15, 0.2) is 0 Å². The first kappa shape index (κ1) is 18.2. The van der Waals surface area contributed by atoms with Crippen molar-refractivity contribution in [1.29, 1.82) is 0 Å². The zero-order valence-corrected chi connectivity index (χ0v) is 13.9. The fraction of sp³-hybridized carbons (Fsp3) is 0.625. The van der Waals surface area contributed by atoms with Crippen LogP contribution in [0.3, 0.4) is 0 Å². The summed E-state index contributed by atoms with van der Waals surface area (Å²) in [5.74, 6) is 1.33. The smallest absolute Gasteiger partial charge is 0.138 e. The summed E-state index contributed by atoms with van der Waals surface area (Å²) in [6, 6.07) is 5.88. The summed E-state index contributed by atoms with van der Waals surface area (Å²) in [7, 11) is 1.65. The third kappa shape index (κ3) is 8.27. The van der Waals surface area contributed by atoms with Gasteiger partial charge in [-0.25, -0.2) is 0 Å². The Kier molecular flexibility index (Phi) is 9.42. The molecule has 0 fully saturated rings. The number of hydrogen-bond donors (Lipinski definition) is 1. The second-order valence-corrected chi connectivity index (χ2v) is 5.65. The van der Waals surface area contributed by atoms with Crippen LogP contribution in [0, 0.1) is 5.92 Å². The van der Waals surface area contributed by atoms with Crippen LogP contribution in [-0.4, -0.2) is 40.1 Å². The topological polar surface area (TPSA) is 39.7 Å². The molecule has 120 valence electrons. The van der Waals surface area contributed by atoms with Crippen LogP contribution >= 0.6 is 11.6 Å². The second kappa shape index (κ2) is 10.9. The van der Waals surface area contributed by atoms with Gasteiger partial charge in [-0.1, -0.05) is 31.5 Å². The third-order valence-electron chi connectivity index (χ3n) is 2.80. The SMILES string of the molecule is COCCOCCOc1ccc(CNCC(C)C)cc1Cl. The predicted molar refractivity (Wildman–Crippen MR) is 86.2 cm³/mol. The van der Waals surface area contributed by atoms with E-state index < -0.39 is 0 Å². The van der Waals surface area contributed by atoms with Gasteiger partial charge >= 0.3 is 0 Å². The van der Waals surface area contributed by atoms with E-state index in [1.807, 2.05) is 18.2 Å². The lowest BCUT2D eigenvalue weighted by molar-refractivity contribution is 0.0544. The summed E-state index contributed by atoms with van der Waals surface area (Å²) in [6.07, 6.45) is 0. The zero-order valence-electron chi connectivity index (χ0n) is 13.2. The predicted octanol–water partition coefficient (Wildman–Crippen LogP) is 3.13. The molecule has 4 nitrogen and oxygen atoms in total. The standard InChI is InChI=1S/C16H26ClNO3/c1-13(2)11-18-12-14-4-5-16(15(17)10-14)21-9-8-20-7-6-19-3/h4-5,10,13,18H,6-9,11-12H2,1-3H3. The number of hydrogen-bond acceptors (Lipinski definition) is 4. The summed E-state index contributed by atoms with van der Waals surface area (Å²) < 4.78 is 15.8. The first-order valence-electron chi connectivity index (χ1n) is 7.32. The molecule has 0 saturated carbocycles. The summed E-state index contributed by atoms with van der Waals surface area (Å²) in [6.45, 7) is 8.36. The molecule has 0 spiro atoms. The van der Waals surface area contributed by atoms with Gasteiger partial charge in [-0.3, -0.25) is 0 Å². The van der Waals surface area contributed by atoms with Gasteiger partial charge in [0.1, 0.15) is 12.4 Å². The van der Waals surface area contributed by atoms with Crippen molar-refractivity contribution in [2.75, 3.05) is 40.1 Å². The van der Waals surface area contributed by atoms with Gasteiger partial charge in [-0.2, -0.15) is 0 Å². The van der Waals surface area contributed by atoms with Crippen molar-refractivity contribution in [3.8, 4) is 5.75 Å². The van der Waals surface area contributed by atoms with Crippen LogP contribution in [0.5, 0.6) is 5.75 Å². The van der Waals surface area contributed by atoms with Crippen LogP contribution < -0.4 is 10.1 Å². The van der Waals surface area contributed by atoms with E-state index in [-0.39, 0.29) is 0 Å². The average molecular weight is 316 g/mol. The Morgan fingerprint density at radius 1 is 1.14 bits per heavy atom. The lowest BCUT2D eigenvalue weighted by Gasteiger charge is -2.11. The van der Waals surface area contributed by atoms with Crippen LogP contribution in [0.25, 0.3) is 0 Å². The van der Waals surface area contributed by atoms with Crippen molar-refractivity contribution < 1.29 is 14.2 Å². The van der Waals surface area contributed by atoms with Gasteiger partial charge in [-0.05, 0) is 30.2 Å². The number of methoxy groups -OCH3 is 1. The van der Waals surface area contributed by atoms with Gasteiger partial charge in [0, 0.05) is 13.7 Å². The summed E-state index contributed by atoms with van der Waals surface area (Å²) in [4.78, 5) is 0. The molecule has 0 unspecified atom stereocenters. The Labute approximate surface area is 132 Å². The second-order valence-electron chi connectivity index (χ2n) is 5.24. The molecule has 5 heteroatoms. The highest BCUT2D eigenvalue weighted by Gasteiger charge is 2.03. The van der Waals surface area contributed by atoms with Gasteiger partial charge in [0.05, 0.1) is 24.8 Å². The highest BCUT2D eigenvalue weighted by atomic mass is 35.5. The number of nitrogens with one attached hydrogen (secondary N) is 1. The van der Waals surface area contributed by atoms with Crippen molar-refractivity contribution in [2.45, 2.75) is 20.4 Å². The van der Waals surface area contributed by atoms with Gasteiger partial charge in [-0.15, -0.1) is 0 Å². The van der Waals surface area contributed by atoms with E-state index in [9.17, 15) is 0 Å². The molecule has 21 heavy (non-hydrogen) atoms. The fourth-order valence-electron chi connectivity index (χ4n) is 1.73. The Hall–Kier alpha value is -0.810. The van der Waals surface area contributed by atoms with E-state index in [2.05, 4.69) is 19.2 Å². The Morgan fingerprint density at radius 3 is 2.57 bits per heavy atom. The molecule has 0 amide bonds. The highest BCUT2D eigenvalue weighted by Crippen LogP contribution is 2.25. The maximum atomic E-state index is 6.22. The largest absolute Gasteiger partial charge is 0.490 e. The van der Waals surface area contributed by atoms with Crippen molar-refractivity contribution in [2.24, 2.45) is 5.92 Å². The molecule has 0 aliphatic carbocycles. The van der Waals surface area contributed by atoms with Crippen LogP contribution in [-0.2, 0) is 16.0 Å². The molecular formula is C16H26ClNO3. The lowest BCUT2D eigenvalue weighted by atomic mass is 10.2. The molecule has 0 aromatic heterocycles.